The molecule has 2 aromatic heterocycles. The zero-order chi connectivity index (χ0) is 19.5. The second-order valence-electron chi connectivity index (χ2n) is 7.58. The second-order valence-corrected chi connectivity index (χ2v) is 8.64. The van der Waals surface area contributed by atoms with E-state index in [1.54, 1.807) is 16.3 Å². The molecule has 1 saturated heterocycles. The standard InChI is InChI=1S/C20H27N5O2S/c1-15(2)7-8-24-18(26)16-5-3-4-6-17(16)25-19(24)21-22-20(25)28-14-11-23-9-12-27-13-10-23/h3-6,15H,7-14H2,1-2H3. The molecule has 0 radical (unpaired) electrons. The molecule has 28 heavy (non-hydrogen) atoms. The van der Waals surface area contributed by atoms with Crippen LogP contribution in [0.1, 0.15) is 20.3 Å². The van der Waals surface area contributed by atoms with E-state index in [-0.39, 0.29) is 5.56 Å². The van der Waals surface area contributed by atoms with Crippen LogP contribution in [0.25, 0.3) is 16.7 Å². The third-order valence-corrected chi connectivity index (χ3v) is 6.06. The van der Waals surface area contributed by atoms with Crippen LogP contribution in [-0.4, -0.2) is 62.7 Å². The molecule has 0 spiro atoms. The largest absolute Gasteiger partial charge is 0.379 e. The van der Waals surface area contributed by atoms with Crippen LogP contribution < -0.4 is 5.56 Å². The van der Waals surface area contributed by atoms with Gasteiger partial charge in [0.25, 0.3) is 5.56 Å². The van der Waals surface area contributed by atoms with E-state index >= 15 is 0 Å². The summed E-state index contributed by atoms with van der Waals surface area (Å²) in [6.45, 7) is 9.57. The molecule has 8 heteroatoms. The van der Waals surface area contributed by atoms with Gasteiger partial charge in [-0.2, -0.15) is 0 Å². The molecular weight excluding hydrogens is 374 g/mol. The van der Waals surface area contributed by atoms with Gasteiger partial charge in [-0.25, -0.2) is 0 Å². The van der Waals surface area contributed by atoms with Crippen LogP contribution in [0.15, 0.2) is 34.2 Å². The fraction of sp³-hybridized carbons (Fsp3) is 0.550. The Labute approximate surface area is 168 Å². The summed E-state index contributed by atoms with van der Waals surface area (Å²) in [4.78, 5) is 15.5. The monoisotopic (exact) mass is 401 g/mol. The van der Waals surface area contributed by atoms with Crippen molar-refractivity contribution in [3.05, 3.63) is 34.6 Å². The smallest absolute Gasteiger partial charge is 0.262 e. The Morgan fingerprint density at radius 2 is 1.93 bits per heavy atom. The number of rotatable bonds is 7. The van der Waals surface area contributed by atoms with Gasteiger partial charge in [0.05, 0.1) is 24.1 Å². The maximum atomic E-state index is 13.0. The van der Waals surface area contributed by atoms with E-state index in [2.05, 4.69) is 28.9 Å². The van der Waals surface area contributed by atoms with Gasteiger partial charge in [-0.1, -0.05) is 37.7 Å². The Kier molecular flexibility index (Phi) is 5.99. The summed E-state index contributed by atoms with van der Waals surface area (Å²) in [5, 5.41) is 10.4. The number of aromatic nitrogens is 4. The number of nitrogens with zero attached hydrogens (tertiary/aromatic N) is 5. The number of ether oxygens (including phenoxy) is 1. The molecule has 1 aromatic carbocycles. The summed E-state index contributed by atoms with van der Waals surface area (Å²) < 4.78 is 9.24. The minimum absolute atomic E-state index is 0.0148. The maximum Gasteiger partial charge on any atom is 0.262 e. The van der Waals surface area contributed by atoms with Crippen molar-refractivity contribution in [1.29, 1.82) is 0 Å². The van der Waals surface area contributed by atoms with Gasteiger partial charge in [0.2, 0.25) is 5.78 Å². The molecule has 0 saturated carbocycles. The minimum Gasteiger partial charge on any atom is -0.379 e. The number of aryl methyl sites for hydroxylation is 1. The Balaban J connectivity index is 1.67. The number of hydrogen-bond acceptors (Lipinski definition) is 6. The van der Waals surface area contributed by atoms with Crippen molar-refractivity contribution in [2.45, 2.75) is 32.0 Å². The normalized spacial score (nSPS) is 15.8. The first-order valence-corrected chi connectivity index (χ1v) is 10.9. The van der Waals surface area contributed by atoms with Gasteiger partial charge in [0.15, 0.2) is 5.16 Å². The number of benzene rings is 1. The van der Waals surface area contributed by atoms with Crippen LogP contribution in [0.4, 0.5) is 0 Å². The molecule has 0 unspecified atom stereocenters. The summed E-state index contributed by atoms with van der Waals surface area (Å²) in [6, 6.07) is 7.75. The zero-order valence-electron chi connectivity index (χ0n) is 16.5. The van der Waals surface area contributed by atoms with Crippen molar-refractivity contribution >= 4 is 28.4 Å². The van der Waals surface area contributed by atoms with E-state index in [4.69, 9.17) is 4.74 Å². The molecule has 3 heterocycles. The highest BCUT2D eigenvalue weighted by Gasteiger charge is 2.17. The lowest BCUT2D eigenvalue weighted by atomic mass is 10.1. The zero-order valence-corrected chi connectivity index (χ0v) is 17.3. The average Bonchev–Trinajstić information content (AvgIpc) is 3.12. The fourth-order valence-electron chi connectivity index (χ4n) is 3.51. The van der Waals surface area contributed by atoms with Crippen LogP contribution >= 0.6 is 11.8 Å². The highest BCUT2D eigenvalue weighted by atomic mass is 32.2. The van der Waals surface area contributed by atoms with Crippen molar-refractivity contribution in [1.82, 2.24) is 24.1 Å². The summed E-state index contributed by atoms with van der Waals surface area (Å²) in [7, 11) is 0. The Hall–Kier alpha value is -1.90. The molecule has 1 aliphatic heterocycles. The number of morpholine rings is 1. The van der Waals surface area contributed by atoms with Gasteiger partial charge in [-0.05, 0) is 24.5 Å². The van der Waals surface area contributed by atoms with Crippen LogP contribution in [0, 0.1) is 5.92 Å². The molecule has 150 valence electrons. The van der Waals surface area contributed by atoms with E-state index in [1.807, 2.05) is 28.7 Å². The summed E-state index contributed by atoms with van der Waals surface area (Å²) in [5.41, 5.74) is 0.892. The first-order valence-electron chi connectivity index (χ1n) is 9.94. The fourth-order valence-corrected chi connectivity index (χ4v) is 4.45. The van der Waals surface area contributed by atoms with E-state index in [1.165, 1.54) is 0 Å². The van der Waals surface area contributed by atoms with Crippen LogP contribution in [-0.2, 0) is 11.3 Å². The topological polar surface area (TPSA) is 64.7 Å². The lowest BCUT2D eigenvalue weighted by molar-refractivity contribution is 0.0410. The van der Waals surface area contributed by atoms with E-state index in [0.29, 0.717) is 23.6 Å². The molecule has 1 aliphatic rings. The number of hydrogen-bond donors (Lipinski definition) is 0. The highest BCUT2D eigenvalue weighted by Crippen LogP contribution is 2.22. The summed E-state index contributed by atoms with van der Waals surface area (Å²) >= 11 is 1.70. The summed E-state index contributed by atoms with van der Waals surface area (Å²) in [6.07, 6.45) is 0.931. The van der Waals surface area contributed by atoms with Gasteiger partial charge < -0.3 is 4.74 Å². The second kappa shape index (κ2) is 8.63. The molecule has 3 aromatic rings. The summed E-state index contributed by atoms with van der Waals surface area (Å²) in [5.74, 6) is 2.09. The molecule has 1 fully saturated rings. The van der Waals surface area contributed by atoms with Crippen molar-refractivity contribution < 1.29 is 4.74 Å². The Bertz CT molecular complexity index is 1010. The predicted octanol–water partition coefficient (Wildman–Crippen LogP) is 2.51. The molecule has 4 rings (SSSR count). The Morgan fingerprint density at radius 1 is 1.14 bits per heavy atom. The Morgan fingerprint density at radius 3 is 2.71 bits per heavy atom. The molecule has 0 N–H and O–H groups in total. The lowest BCUT2D eigenvalue weighted by Gasteiger charge is -2.26. The quantitative estimate of drug-likeness (QED) is 0.567. The van der Waals surface area contributed by atoms with Crippen LogP contribution in [0.5, 0.6) is 0 Å². The molecule has 0 amide bonds. The molecule has 7 nitrogen and oxygen atoms in total. The predicted molar refractivity (Wildman–Crippen MR) is 112 cm³/mol. The van der Waals surface area contributed by atoms with Gasteiger partial charge in [0, 0.05) is 31.9 Å². The molecule has 0 atom stereocenters. The van der Waals surface area contributed by atoms with Gasteiger partial charge in [-0.15, -0.1) is 10.2 Å². The molecule has 0 bridgehead atoms. The average molecular weight is 402 g/mol. The van der Waals surface area contributed by atoms with Crippen LogP contribution in [0.3, 0.4) is 0 Å². The van der Waals surface area contributed by atoms with Crippen molar-refractivity contribution in [3.8, 4) is 0 Å². The third kappa shape index (κ3) is 3.94. The van der Waals surface area contributed by atoms with Gasteiger partial charge in [0.1, 0.15) is 0 Å². The molecule has 0 aliphatic carbocycles. The highest BCUT2D eigenvalue weighted by molar-refractivity contribution is 7.99. The number of thioether (sulfide) groups is 1. The van der Waals surface area contributed by atoms with Crippen molar-refractivity contribution in [2.24, 2.45) is 5.92 Å². The first kappa shape index (κ1) is 19.4. The minimum atomic E-state index is 0.0148. The van der Waals surface area contributed by atoms with Crippen LogP contribution in [0.2, 0.25) is 0 Å². The van der Waals surface area contributed by atoms with E-state index in [0.717, 1.165) is 55.7 Å². The van der Waals surface area contributed by atoms with E-state index in [9.17, 15) is 4.79 Å². The van der Waals surface area contributed by atoms with Gasteiger partial charge >= 0.3 is 0 Å². The first-order chi connectivity index (χ1) is 13.6. The van der Waals surface area contributed by atoms with Gasteiger partial charge in [-0.3, -0.25) is 18.7 Å². The van der Waals surface area contributed by atoms with E-state index < -0.39 is 0 Å². The lowest BCUT2D eigenvalue weighted by Crippen LogP contribution is -2.37. The SMILES string of the molecule is CC(C)CCn1c(=O)c2ccccc2n2c(SCCN3CCOCC3)nnc12. The molecular formula is C20H27N5O2S. The third-order valence-electron chi connectivity index (χ3n) is 5.15. The maximum absolute atomic E-state index is 13.0. The van der Waals surface area contributed by atoms with Crippen molar-refractivity contribution in [2.75, 3.05) is 38.6 Å². The van der Waals surface area contributed by atoms with Crippen molar-refractivity contribution in [3.63, 3.8) is 0 Å². The number of para-hydroxylation sites is 1. The number of fused-ring (bicyclic) bond motifs is 3.